The molecule has 1 aromatic rings. The van der Waals surface area contributed by atoms with Gasteiger partial charge < -0.3 is 10.2 Å². The van der Waals surface area contributed by atoms with E-state index in [4.69, 9.17) is 0 Å². The van der Waals surface area contributed by atoms with Crippen molar-refractivity contribution < 1.29 is 4.79 Å². The van der Waals surface area contributed by atoms with Crippen LogP contribution in [0.3, 0.4) is 0 Å². The van der Waals surface area contributed by atoms with Gasteiger partial charge in [-0.3, -0.25) is 9.69 Å². The van der Waals surface area contributed by atoms with Crippen LogP contribution in [0.15, 0.2) is 18.5 Å². The van der Waals surface area contributed by atoms with E-state index in [-0.39, 0.29) is 11.8 Å². The SMILES string of the molecule is O=C(NCCCN1CCN(c2ncccn2)CC1)C1CCCC1. The molecule has 1 N–H and O–H groups in total. The summed E-state index contributed by atoms with van der Waals surface area (Å²) < 4.78 is 0. The first-order chi connectivity index (χ1) is 11.3. The predicted molar refractivity (Wildman–Crippen MR) is 90.3 cm³/mol. The lowest BCUT2D eigenvalue weighted by molar-refractivity contribution is -0.124. The normalized spacial score (nSPS) is 19.9. The van der Waals surface area contributed by atoms with Crippen molar-refractivity contribution in [1.29, 1.82) is 0 Å². The molecule has 2 aliphatic rings. The second-order valence-corrected chi connectivity index (χ2v) is 6.50. The molecule has 6 nitrogen and oxygen atoms in total. The fraction of sp³-hybridized carbons (Fsp3) is 0.706. The van der Waals surface area contributed by atoms with Gasteiger partial charge in [-0.15, -0.1) is 0 Å². The van der Waals surface area contributed by atoms with E-state index in [0.29, 0.717) is 0 Å². The van der Waals surface area contributed by atoms with Crippen LogP contribution in [0.1, 0.15) is 32.1 Å². The number of carbonyl (C=O) groups is 1. The number of hydrogen-bond acceptors (Lipinski definition) is 5. The minimum absolute atomic E-state index is 0.272. The first kappa shape index (κ1) is 16.2. The second-order valence-electron chi connectivity index (χ2n) is 6.50. The van der Waals surface area contributed by atoms with Crippen LogP contribution in [-0.4, -0.2) is 60.0 Å². The van der Waals surface area contributed by atoms with Crippen LogP contribution >= 0.6 is 0 Å². The molecule has 0 spiro atoms. The molecule has 3 rings (SSSR count). The number of piperazine rings is 1. The lowest BCUT2D eigenvalue weighted by atomic mass is 10.1. The zero-order valence-electron chi connectivity index (χ0n) is 13.8. The lowest BCUT2D eigenvalue weighted by Crippen LogP contribution is -2.47. The smallest absolute Gasteiger partial charge is 0.225 e. The van der Waals surface area contributed by atoms with Crippen molar-refractivity contribution >= 4 is 11.9 Å². The van der Waals surface area contributed by atoms with Gasteiger partial charge in [-0.05, 0) is 31.9 Å². The highest BCUT2D eigenvalue weighted by atomic mass is 16.1. The van der Waals surface area contributed by atoms with Crippen LogP contribution in [0, 0.1) is 5.92 Å². The monoisotopic (exact) mass is 317 g/mol. The third-order valence-corrected chi connectivity index (χ3v) is 4.88. The maximum Gasteiger partial charge on any atom is 0.225 e. The Balaban J connectivity index is 1.29. The van der Waals surface area contributed by atoms with Crippen molar-refractivity contribution in [2.24, 2.45) is 5.92 Å². The molecule has 0 atom stereocenters. The highest BCUT2D eigenvalue weighted by Crippen LogP contribution is 2.24. The molecule has 0 bridgehead atoms. The Bertz CT molecular complexity index is 481. The minimum atomic E-state index is 0.272. The molecule has 1 saturated carbocycles. The van der Waals surface area contributed by atoms with Gasteiger partial charge in [0.25, 0.3) is 0 Å². The first-order valence-corrected chi connectivity index (χ1v) is 8.85. The third-order valence-electron chi connectivity index (χ3n) is 4.88. The quantitative estimate of drug-likeness (QED) is 0.801. The Morgan fingerprint density at radius 3 is 2.52 bits per heavy atom. The van der Waals surface area contributed by atoms with E-state index in [1.54, 1.807) is 12.4 Å². The zero-order valence-corrected chi connectivity index (χ0v) is 13.8. The van der Waals surface area contributed by atoms with Gasteiger partial charge in [-0.2, -0.15) is 0 Å². The van der Waals surface area contributed by atoms with Crippen LogP contribution < -0.4 is 10.2 Å². The topological polar surface area (TPSA) is 61.4 Å². The Kier molecular flexibility index (Phi) is 5.80. The number of nitrogens with zero attached hydrogens (tertiary/aromatic N) is 4. The molecule has 1 aromatic heterocycles. The van der Waals surface area contributed by atoms with E-state index in [1.807, 2.05) is 6.07 Å². The standard InChI is InChI=1S/C17H27N5O/c23-16(15-5-1-2-6-15)18-9-4-10-21-11-13-22(14-12-21)17-19-7-3-8-20-17/h3,7-8,15H,1-2,4-6,9-14H2,(H,18,23). The van der Waals surface area contributed by atoms with Gasteiger partial charge in [-0.25, -0.2) is 9.97 Å². The molecule has 2 fully saturated rings. The molecule has 2 heterocycles. The maximum atomic E-state index is 12.0. The minimum Gasteiger partial charge on any atom is -0.356 e. The van der Waals surface area contributed by atoms with Gasteiger partial charge in [0.1, 0.15) is 0 Å². The van der Waals surface area contributed by atoms with E-state index in [9.17, 15) is 4.79 Å². The number of carbonyl (C=O) groups excluding carboxylic acids is 1. The average Bonchev–Trinajstić information content (AvgIpc) is 3.15. The number of amides is 1. The fourth-order valence-electron chi connectivity index (χ4n) is 3.47. The molecule has 1 aliphatic heterocycles. The summed E-state index contributed by atoms with van der Waals surface area (Å²) in [7, 11) is 0. The summed E-state index contributed by atoms with van der Waals surface area (Å²) in [5.74, 6) is 1.38. The molecule has 126 valence electrons. The number of rotatable bonds is 6. The summed E-state index contributed by atoms with van der Waals surface area (Å²) in [6, 6.07) is 1.85. The Labute approximate surface area is 138 Å². The fourth-order valence-corrected chi connectivity index (χ4v) is 3.47. The second kappa shape index (κ2) is 8.24. The summed E-state index contributed by atoms with van der Waals surface area (Å²) in [6.07, 6.45) is 9.20. The molecule has 1 saturated heterocycles. The van der Waals surface area contributed by atoms with Gasteiger partial charge in [-0.1, -0.05) is 12.8 Å². The Morgan fingerprint density at radius 1 is 1.13 bits per heavy atom. The molecular weight excluding hydrogens is 290 g/mol. The largest absolute Gasteiger partial charge is 0.356 e. The molecule has 0 aromatic carbocycles. The average molecular weight is 317 g/mol. The van der Waals surface area contributed by atoms with E-state index in [2.05, 4.69) is 25.1 Å². The van der Waals surface area contributed by atoms with Crippen LogP contribution in [0.5, 0.6) is 0 Å². The van der Waals surface area contributed by atoms with Crippen LogP contribution in [-0.2, 0) is 4.79 Å². The third kappa shape index (κ3) is 4.64. The van der Waals surface area contributed by atoms with Gasteiger partial charge in [0.05, 0.1) is 0 Å². The van der Waals surface area contributed by atoms with Crippen molar-refractivity contribution in [3.05, 3.63) is 18.5 Å². The van der Waals surface area contributed by atoms with Gasteiger partial charge in [0.2, 0.25) is 11.9 Å². The van der Waals surface area contributed by atoms with Gasteiger partial charge in [0, 0.05) is 51.0 Å². The summed E-state index contributed by atoms with van der Waals surface area (Å²) in [5.41, 5.74) is 0. The molecule has 0 unspecified atom stereocenters. The van der Waals surface area contributed by atoms with E-state index in [1.165, 1.54) is 12.8 Å². The number of nitrogens with one attached hydrogen (secondary N) is 1. The number of anilines is 1. The molecule has 0 radical (unpaired) electrons. The van der Waals surface area contributed by atoms with Crippen molar-refractivity contribution in [3.63, 3.8) is 0 Å². The van der Waals surface area contributed by atoms with E-state index < -0.39 is 0 Å². The number of hydrogen-bond donors (Lipinski definition) is 1. The first-order valence-electron chi connectivity index (χ1n) is 8.85. The maximum absolute atomic E-state index is 12.0. The highest BCUT2D eigenvalue weighted by Gasteiger charge is 2.22. The van der Waals surface area contributed by atoms with Crippen molar-refractivity contribution in [1.82, 2.24) is 20.2 Å². The molecule has 1 aliphatic carbocycles. The van der Waals surface area contributed by atoms with Gasteiger partial charge in [0.15, 0.2) is 0 Å². The van der Waals surface area contributed by atoms with Crippen LogP contribution in [0.2, 0.25) is 0 Å². The lowest BCUT2D eigenvalue weighted by Gasteiger charge is -2.34. The van der Waals surface area contributed by atoms with Gasteiger partial charge >= 0.3 is 0 Å². The van der Waals surface area contributed by atoms with Crippen molar-refractivity contribution in [3.8, 4) is 0 Å². The van der Waals surface area contributed by atoms with Crippen LogP contribution in [0.25, 0.3) is 0 Å². The molecule has 1 amide bonds. The van der Waals surface area contributed by atoms with E-state index in [0.717, 1.165) is 64.5 Å². The summed E-state index contributed by atoms with van der Waals surface area (Å²) in [4.78, 5) is 25.3. The number of aromatic nitrogens is 2. The zero-order chi connectivity index (χ0) is 15.9. The molecular formula is C17H27N5O. The summed E-state index contributed by atoms with van der Waals surface area (Å²) in [5, 5.41) is 3.10. The van der Waals surface area contributed by atoms with Crippen LogP contribution in [0.4, 0.5) is 5.95 Å². The summed E-state index contributed by atoms with van der Waals surface area (Å²) >= 11 is 0. The molecule has 23 heavy (non-hydrogen) atoms. The van der Waals surface area contributed by atoms with Crippen molar-refractivity contribution in [2.45, 2.75) is 32.1 Å². The predicted octanol–water partition coefficient (Wildman–Crippen LogP) is 1.30. The Morgan fingerprint density at radius 2 is 1.83 bits per heavy atom. The Hall–Kier alpha value is -1.69. The highest BCUT2D eigenvalue weighted by molar-refractivity contribution is 5.78. The van der Waals surface area contributed by atoms with Crippen molar-refractivity contribution in [2.75, 3.05) is 44.2 Å². The van der Waals surface area contributed by atoms with E-state index >= 15 is 0 Å². The molecule has 6 heteroatoms. The summed E-state index contributed by atoms with van der Waals surface area (Å²) in [6.45, 7) is 5.87.